The number of rotatable bonds is 1. The monoisotopic (exact) mass is 210 g/mol. The van der Waals surface area contributed by atoms with Gasteiger partial charge in [0.2, 0.25) is 5.88 Å². The van der Waals surface area contributed by atoms with E-state index in [4.69, 9.17) is 4.74 Å². The van der Waals surface area contributed by atoms with Gasteiger partial charge in [-0.3, -0.25) is 4.79 Å². The van der Waals surface area contributed by atoms with Gasteiger partial charge in [0.1, 0.15) is 0 Å². The molecule has 0 saturated carbocycles. The molecule has 0 fully saturated rings. The molecular weight excluding hydrogens is 200 g/mol. The molecule has 0 aromatic carbocycles. The molecule has 4 nitrogen and oxygen atoms in total. The fourth-order valence-corrected chi connectivity index (χ4v) is 2.11. The number of methoxy groups -OCH3 is 1. The van der Waals surface area contributed by atoms with E-state index in [0.29, 0.717) is 18.0 Å². The van der Waals surface area contributed by atoms with Gasteiger partial charge in [0.15, 0.2) is 0 Å². The number of amides is 1. The van der Waals surface area contributed by atoms with Gasteiger partial charge < -0.3 is 10.1 Å². The van der Waals surface area contributed by atoms with Crippen molar-refractivity contribution in [2.24, 2.45) is 0 Å². The first-order valence-electron chi connectivity index (χ1n) is 4.26. The average molecular weight is 210 g/mol. The summed E-state index contributed by atoms with van der Waals surface area (Å²) in [5.74, 6) is 1.30. The van der Waals surface area contributed by atoms with E-state index in [1.807, 2.05) is 0 Å². The lowest BCUT2D eigenvalue weighted by molar-refractivity contribution is 0.0954. The molecule has 1 N–H and O–H groups in total. The Labute approximate surface area is 86.1 Å². The molecule has 0 saturated heterocycles. The number of carbonyl (C=O) groups excluding carboxylic acids is 1. The standard InChI is InChI=1S/C9H10N2O2S/c1-13-8-4-6-7(5-11-8)14-3-2-10-9(6)12/h4-5H,2-3H2,1H3,(H,10,12). The first kappa shape index (κ1) is 9.33. The first-order valence-corrected chi connectivity index (χ1v) is 5.25. The Morgan fingerprint density at radius 2 is 2.50 bits per heavy atom. The molecule has 0 unspecified atom stereocenters. The van der Waals surface area contributed by atoms with Gasteiger partial charge in [0, 0.05) is 29.5 Å². The highest BCUT2D eigenvalue weighted by Gasteiger charge is 2.16. The molecule has 0 atom stereocenters. The van der Waals surface area contributed by atoms with Gasteiger partial charge in [0.25, 0.3) is 5.91 Å². The quantitative estimate of drug-likeness (QED) is 0.749. The first-order chi connectivity index (χ1) is 6.81. The highest BCUT2D eigenvalue weighted by atomic mass is 32.2. The maximum absolute atomic E-state index is 11.6. The molecule has 2 rings (SSSR count). The number of nitrogens with zero attached hydrogens (tertiary/aromatic N) is 1. The highest BCUT2D eigenvalue weighted by Crippen LogP contribution is 2.26. The summed E-state index contributed by atoms with van der Waals surface area (Å²) >= 11 is 1.63. The van der Waals surface area contributed by atoms with Crippen LogP contribution < -0.4 is 10.1 Å². The molecule has 2 heterocycles. The van der Waals surface area contributed by atoms with E-state index in [2.05, 4.69) is 10.3 Å². The fourth-order valence-electron chi connectivity index (χ4n) is 1.25. The summed E-state index contributed by atoms with van der Waals surface area (Å²) in [4.78, 5) is 16.5. The summed E-state index contributed by atoms with van der Waals surface area (Å²) in [7, 11) is 1.54. The van der Waals surface area contributed by atoms with E-state index in [1.54, 1.807) is 24.0 Å². The topological polar surface area (TPSA) is 51.2 Å². The van der Waals surface area contributed by atoms with Gasteiger partial charge in [-0.15, -0.1) is 11.8 Å². The van der Waals surface area contributed by atoms with Crippen LogP contribution >= 0.6 is 11.8 Å². The van der Waals surface area contributed by atoms with Crippen LogP contribution in [0.5, 0.6) is 5.88 Å². The Hall–Kier alpha value is -1.23. The second-order valence-electron chi connectivity index (χ2n) is 2.83. The second kappa shape index (κ2) is 3.88. The van der Waals surface area contributed by atoms with E-state index in [9.17, 15) is 4.79 Å². The van der Waals surface area contributed by atoms with Crippen LogP contribution in [0.1, 0.15) is 10.4 Å². The van der Waals surface area contributed by atoms with Gasteiger partial charge in [-0.1, -0.05) is 0 Å². The summed E-state index contributed by atoms with van der Waals surface area (Å²) in [6.45, 7) is 0.695. The van der Waals surface area contributed by atoms with Crippen LogP contribution in [-0.4, -0.2) is 30.3 Å². The van der Waals surface area contributed by atoms with Crippen LogP contribution in [0.2, 0.25) is 0 Å². The van der Waals surface area contributed by atoms with Crippen LogP contribution in [0, 0.1) is 0 Å². The molecule has 0 radical (unpaired) electrons. The number of nitrogens with one attached hydrogen (secondary N) is 1. The summed E-state index contributed by atoms with van der Waals surface area (Å²) in [6.07, 6.45) is 1.68. The molecule has 1 aromatic rings. The van der Waals surface area contributed by atoms with Crippen LogP contribution in [0.15, 0.2) is 17.2 Å². The molecule has 1 aliphatic rings. The number of carbonyl (C=O) groups is 1. The number of fused-ring (bicyclic) bond motifs is 1. The minimum absolute atomic E-state index is 0.0503. The van der Waals surface area contributed by atoms with Gasteiger partial charge >= 0.3 is 0 Å². The molecule has 0 aliphatic carbocycles. The largest absolute Gasteiger partial charge is 0.481 e. The third-order valence-corrected chi connectivity index (χ3v) is 2.99. The van der Waals surface area contributed by atoms with Gasteiger partial charge in [-0.25, -0.2) is 4.98 Å². The van der Waals surface area contributed by atoms with Crippen LogP contribution in [0.25, 0.3) is 0 Å². The molecule has 0 spiro atoms. The van der Waals surface area contributed by atoms with Crippen molar-refractivity contribution in [1.29, 1.82) is 0 Å². The summed E-state index contributed by atoms with van der Waals surface area (Å²) in [5.41, 5.74) is 0.652. The Morgan fingerprint density at radius 1 is 1.64 bits per heavy atom. The van der Waals surface area contributed by atoms with Crippen LogP contribution in [0.4, 0.5) is 0 Å². The van der Waals surface area contributed by atoms with E-state index in [-0.39, 0.29) is 5.91 Å². The predicted molar refractivity (Wildman–Crippen MR) is 53.8 cm³/mol. The van der Waals surface area contributed by atoms with Crippen molar-refractivity contribution < 1.29 is 9.53 Å². The second-order valence-corrected chi connectivity index (χ2v) is 3.96. The zero-order valence-electron chi connectivity index (χ0n) is 7.74. The smallest absolute Gasteiger partial charge is 0.252 e. The molecule has 0 bridgehead atoms. The SMILES string of the molecule is COc1cc2c(cn1)SCCNC2=O. The van der Waals surface area contributed by atoms with Crippen LogP contribution in [0.3, 0.4) is 0 Å². The highest BCUT2D eigenvalue weighted by molar-refractivity contribution is 7.99. The minimum Gasteiger partial charge on any atom is -0.481 e. The molecule has 1 aromatic heterocycles. The molecule has 14 heavy (non-hydrogen) atoms. The average Bonchev–Trinajstić information content (AvgIpc) is 2.40. The van der Waals surface area contributed by atoms with Crippen molar-refractivity contribution in [2.45, 2.75) is 4.90 Å². The fraction of sp³-hybridized carbons (Fsp3) is 0.333. The predicted octanol–water partition coefficient (Wildman–Crippen LogP) is 0.926. The maximum atomic E-state index is 11.6. The van der Waals surface area contributed by atoms with Crippen LogP contribution in [-0.2, 0) is 0 Å². The minimum atomic E-state index is -0.0503. The normalized spacial score (nSPS) is 15.4. The molecular formula is C9H10N2O2S. The van der Waals surface area contributed by atoms with Gasteiger partial charge in [0.05, 0.1) is 12.7 Å². The van der Waals surface area contributed by atoms with Crippen molar-refractivity contribution in [3.8, 4) is 5.88 Å². The number of hydrogen-bond acceptors (Lipinski definition) is 4. The molecule has 74 valence electrons. The third kappa shape index (κ3) is 1.68. The van der Waals surface area contributed by atoms with E-state index in [0.717, 1.165) is 10.6 Å². The lowest BCUT2D eigenvalue weighted by Gasteiger charge is -2.04. The van der Waals surface area contributed by atoms with Crippen molar-refractivity contribution >= 4 is 17.7 Å². The van der Waals surface area contributed by atoms with Crippen molar-refractivity contribution in [3.63, 3.8) is 0 Å². The van der Waals surface area contributed by atoms with E-state index >= 15 is 0 Å². The Morgan fingerprint density at radius 3 is 3.29 bits per heavy atom. The number of pyridine rings is 1. The molecule has 5 heteroatoms. The van der Waals surface area contributed by atoms with Crippen molar-refractivity contribution in [3.05, 3.63) is 17.8 Å². The van der Waals surface area contributed by atoms with Crippen molar-refractivity contribution in [1.82, 2.24) is 10.3 Å². The summed E-state index contributed by atoms with van der Waals surface area (Å²) in [6, 6.07) is 1.67. The Bertz CT molecular complexity index is 368. The van der Waals surface area contributed by atoms with Crippen molar-refractivity contribution in [2.75, 3.05) is 19.4 Å². The molecule has 1 aliphatic heterocycles. The van der Waals surface area contributed by atoms with Gasteiger partial charge in [-0.2, -0.15) is 0 Å². The number of thioether (sulfide) groups is 1. The Kier molecular flexibility index (Phi) is 2.58. The number of aromatic nitrogens is 1. The summed E-state index contributed by atoms with van der Waals surface area (Å²) < 4.78 is 4.97. The summed E-state index contributed by atoms with van der Waals surface area (Å²) in [5, 5.41) is 2.81. The maximum Gasteiger partial charge on any atom is 0.252 e. The molecule has 1 amide bonds. The zero-order chi connectivity index (χ0) is 9.97. The van der Waals surface area contributed by atoms with E-state index in [1.165, 1.54) is 7.11 Å². The lowest BCUT2D eigenvalue weighted by atomic mass is 10.2. The van der Waals surface area contributed by atoms with E-state index < -0.39 is 0 Å². The zero-order valence-corrected chi connectivity index (χ0v) is 8.56. The number of ether oxygens (including phenoxy) is 1. The van der Waals surface area contributed by atoms with Gasteiger partial charge in [-0.05, 0) is 0 Å². The third-order valence-electron chi connectivity index (χ3n) is 1.94. The number of hydrogen-bond donors (Lipinski definition) is 1. The Balaban J connectivity index is 2.44. The lowest BCUT2D eigenvalue weighted by Crippen LogP contribution is -2.23.